The summed E-state index contributed by atoms with van der Waals surface area (Å²) in [5.41, 5.74) is 0.264. The lowest BCUT2D eigenvalue weighted by molar-refractivity contribution is -0.385. The van der Waals surface area contributed by atoms with Crippen LogP contribution in [0.25, 0.3) is 0 Å². The number of aliphatic hydroxyl groups excluding tert-OH is 1. The minimum atomic E-state index is -0.404. The maximum Gasteiger partial charge on any atom is 0.272 e. The van der Waals surface area contributed by atoms with E-state index in [0.717, 1.165) is 0 Å². The third-order valence-corrected chi connectivity index (χ3v) is 2.66. The fourth-order valence-corrected chi connectivity index (χ4v) is 1.71. The Balaban J connectivity index is 3.11. The van der Waals surface area contributed by atoms with E-state index in [4.69, 9.17) is 4.74 Å². The standard InChI is InChI=1S/C13H19NO4/c1-4-18-11-5-6-12(14(16)17)10(7-11)8-13(2,3)9-15/h5-7,15H,4,8-9H2,1-3H3. The summed E-state index contributed by atoms with van der Waals surface area (Å²) in [7, 11) is 0. The van der Waals surface area contributed by atoms with Crippen LogP contribution in [0, 0.1) is 15.5 Å². The third kappa shape index (κ3) is 3.70. The van der Waals surface area contributed by atoms with Crippen molar-refractivity contribution < 1.29 is 14.8 Å². The van der Waals surface area contributed by atoms with Gasteiger partial charge in [0.2, 0.25) is 0 Å². The molecule has 1 aromatic rings. The smallest absolute Gasteiger partial charge is 0.272 e. The molecule has 5 nitrogen and oxygen atoms in total. The molecule has 0 atom stereocenters. The van der Waals surface area contributed by atoms with Gasteiger partial charge in [0.25, 0.3) is 5.69 Å². The number of rotatable bonds is 6. The van der Waals surface area contributed by atoms with Crippen LogP contribution in [0.3, 0.4) is 0 Å². The van der Waals surface area contributed by atoms with Crippen molar-refractivity contribution in [2.75, 3.05) is 13.2 Å². The van der Waals surface area contributed by atoms with E-state index >= 15 is 0 Å². The SMILES string of the molecule is CCOc1ccc([N+](=O)[O-])c(CC(C)(C)CO)c1. The molecule has 0 saturated heterocycles. The van der Waals surface area contributed by atoms with Gasteiger partial charge in [-0.15, -0.1) is 0 Å². The fourth-order valence-electron chi connectivity index (χ4n) is 1.71. The predicted molar refractivity (Wildman–Crippen MR) is 68.8 cm³/mol. The zero-order valence-electron chi connectivity index (χ0n) is 11.0. The largest absolute Gasteiger partial charge is 0.494 e. The number of nitro groups is 1. The van der Waals surface area contributed by atoms with Gasteiger partial charge in [0, 0.05) is 18.2 Å². The molecule has 0 spiro atoms. The Morgan fingerprint density at radius 2 is 2.11 bits per heavy atom. The molecule has 1 rings (SSSR count). The summed E-state index contributed by atoms with van der Waals surface area (Å²) in [4.78, 5) is 10.6. The van der Waals surface area contributed by atoms with Gasteiger partial charge in [-0.2, -0.15) is 0 Å². The highest BCUT2D eigenvalue weighted by molar-refractivity contribution is 5.45. The summed E-state index contributed by atoms with van der Waals surface area (Å²) >= 11 is 0. The number of nitro benzene ring substituents is 1. The summed E-state index contributed by atoms with van der Waals surface area (Å²) in [5.74, 6) is 0.617. The van der Waals surface area contributed by atoms with Gasteiger partial charge in [0.1, 0.15) is 5.75 Å². The molecule has 0 amide bonds. The molecule has 0 aromatic heterocycles. The van der Waals surface area contributed by atoms with Crippen LogP contribution in [0.2, 0.25) is 0 Å². The van der Waals surface area contributed by atoms with Crippen molar-refractivity contribution in [3.05, 3.63) is 33.9 Å². The molecule has 5 heteroatoms. The summed E-state index contributed by atoms with van der Waals surface area (Å²) in [6.45, 7) is 6.08. The molecule has 0 aliphatic carbocycles. The second-order valence-corrected chi connectivity index (χ2v) is 4.98. The van der Waals surface area contributed by atoms with E-state index in [-0.39, 0.29) is 12.3 Å². The number of benzene rings is 1. The van der Waals surface area contributed by atoms with Gasteiger partial charge >= 0.3 is 0 Å². The van der Waals surface area contributed by atoms with Crippen LogP contribution in [-0.2, 0) is 6.42 Å². The van der Waals surface area contributed by atoms with Gasteiger partial charge in [-0.3, -0.25) is 10.1 Å². The van der Waals surface area contributed by atoms with Crippen LogP contribution in [0.1, 0.15) is 26.3 Å². The van der Waals surface area contributed by atoms with E-state index in [1.807, 2.05) is 20.8 Å². The van der Waals surface area contributed by atoms with Gasteiger partial charge in [-0.1, -0.05) is 13.8 Å². The van der Waals surface area contributed by atoms with Crippen LogP contribution >= 0.6 is 0 Å². The van der Waals surface area contributed by atoms with Crippen molar-refractivity contribution in [1.82, 2.24) is 0 Å². The second kappa shape index (κ2) is 5.82. The molecule has 1 N–H and O–H groups in total. The average molecular weight is 253 g/mol. The molecule has 0 unspecified atom stereocenters. The highest BCUT2D eigenvalue weighted by Crippen LogP contribution is 2.30. The molecule has 0 fully saturated rings. The topological polar surface area (TPSA) is 72.6 Å². The molecular formula is C13H19NO4. The summed E-state index contributed by atoms with van der Waals surface area (Å²) in [6.07, 6.45) is 0.431. The Bertz CT molecular complexity index is 429. The normalized spacial score (nSPS) is 11.3. The number of nitrogens with zero attached hydrogens (tertiary/aromatic N) is 1. The van der Waals surface area contributed by atoms with Crippen molar-refractivity contribution in [2.24, 2.45) is 5.41 Å². The summed E-state index contributed by atoms with van der Waals surface area (Å²) < 4.78 is 5.34. The minimum Gasteiger partial charge on any atom is -0.494 e. The maximum absolute atomic E-state index is 11.0. The van der Waals surface area contributed by atoms with Gasteiger partial charge in [-0.25, -0.2) is 0 Å². The molecular weight excluding hydrogens is 234 g/mol. The maximum atomic E-state index is 11.0. The lowest BCUT2D eigenvalue weighted by Gasteiger charge is -2.21. The first-order valence-corrected chi connectivity index (χ1v) is 5.90. The van der Waals surface area contributed by atoms with Crippen LogP contribution in [0.4, 0.5) is 5.69 Å². The molecule has 0 radical (unpaired) electrons. The molecule has 0 aliphatic heterocycles. The van der Waals surface area contributed by atoms with E-state index in [1.165, 1.54) is 6.07 Å². The molecule has 100 valence electrons. The van der Waals surface area contributed by atoms with Gasteiger partial charge < -0.3 is 9.84 Å². The highest BCUT2D eigenvalue weighted by atomic mass is 16.6. The lowest BCUT2D eigenvalue weighted by atomic mass is 9.86. The molecule has 0 bridgehead atoms. The Hall–Kier alpha value is -1.62. The lowest BCUT2D eigenvalue weighted by Crippen LogP contribution is -2.20. The first-order chi connectivity index (χ1) is 8.39. The van der Waals surface area contributed by atoms with Gasteiger partial charge in [0.15, 0.2) is 0 Å². The summed E-state index contributed by atoms with van der Waals surface area (Å²) in [5, 5.41) is 20.2. The van der Waals surface area contributed by atoms with Gasteiger partial charge in [0.05, 0.1) is 11.5 Å². The van der Waals surface area contributed by atoms with Crippen molar-refractivity contribution in [2.45, 2.75) is 27.2 Å². The molecule has 18 heavy (non-hydrogen) atoms. The van der Waals surface area contributed by atoms with E-state index in [0.29, 0.717) is 24.3 Å². The van der Waals surface area contributed by atoms with E-state index in [2.05, 4.69) is 0 Å². The Labute approximate surface area is 107 Å². The van der Waals surface area contributed by atoms with Crippen molar-refractivity contribution in [3.8, 4) is 5.75 Å². The van der Waals surface area contributed by atoms with Gasteiger partial charge in [-0.05, 0) is 30.9 Å². The third-order valence-electron chi connectivity index (χ3n) is 2.66. The number of aliphatic hydroxyl groups is 1. The van der Waals surface area contributed by atoms with Crippen molar-refractivity contribution in [1.29, 1.82) is 0 Å². The monoisotopic (exact) mass is 253 g/mol. The average Bonchev–Trinajstić information content (AvgIpc) is 2.29. The zero-order valence-corrected chi connectivity index (χ0v) is 11.0. The second-order valence-electron chi connectivity index (χ2n) is 4.98. The number of hydrogen-bond donors (Lipinski definition) is 1. The van der Waals surface area contributed by atoms with Crippen LogP contribution in [-0.4, -0.2) is 23.2 Å². The Morgan fingerprint density at radius 1 is 1.44 bits per heavy atom. The van der Waals surface area contributed by atoms with E-state index in [1.54, 1.807) is 12.1 Å². The fraction of sp³-hybridized carbons (Fsp3) is 0.538. The van der Waals surface area contributed by atoms with Crippen molar-refractivity contribution >= 4 is 5.69 Å². The summed E-state index contributed by atoms with van der Waals surface area (Å²) in [6, 6.07) is 4.73. The van der Waals surface area contributed by atoms with Crippen LogP contribution in [0.5, 0.6) is 5.75 Å². The number of ether oxygens (including phenoxy) is 1. The van der Waals surface area contributed by atoms with Crippen molar-refractivity contribution in [3.63, 3.8) is 0 Å². The first-order valence-electron chi connectivity index (χ1n) is 5.90. The Kier molecular flexibility index (Phi) is 4.67. The molecule has 0 heterocycles. The van der Waals surface area contributed by atoms with Crippen LogP contribution < -0.4 is 4.74 Å². The zero-order chi connectivity index (χ0) is 13.8. The molecule has 0 saturated carbocycles. The molecule has 0 aliphatic rings. The van der Waals surface area contributed by atoms with Crippen LogP contribution in [0.15, 0.2) is 18.2 Å². The first kappa shape index (κ1) is 14.4. The quantitative estimate of drug-likeness (QED) is 0.624. The predicted octanol–water partition coefficient (Wildman–Crippen LogP) is 2.55. The highest BCUT2D eigenvalue weighted by Gasteiger charge is 2.23. The van der Waals surface area contributed by atoms with E-state index in [9.17, 15) is 15.2 Å². The van der Waals surface area contributed by atoms with E-state index < -0.39 is 10.3 Å². The molecule has 1 aromatic carbocycles. The minimum absolute atomic E-state index is 0.0248. The number of hydrogen-bond acceptors (Lipinski definition) is 4. The Morgan fingerprint density at radius 3 is 2.61 bits per heavy atom.